The van der Waals surface area contributed by atoms with Gasteiger partial charge in [-0.3, -0.25) is 4.79 Å². The maximum absolute atomic E-state index is 13.4. The number of hydrogen-bond donors (Lipinski definition) is 0. The van der Waals surface area contributed by atoms with E-state index < -0.39 is 0 Å². The number of ether oxygens (including phenoxy) is 1. The fourth-order valence-electron chi connectivity index (χ4n) is 5.73. The van der Waals surface area contributed by atoms with Crippen molar-refractivity contribution in [1.29, 1.82) is 0 Å². The van der Waals surface area contributed by atoms with E-state index in [1.54, 1.807) is 11.3 Å². The first kappa shape index (κ1) is 26.1. The summed E-state index contributed by atoms with van der Waals surface area (Å²) in [6.45, 7) is 8.35. The van der Waals surface area contributed by atoms with E-state index in [9.17, 15) is 4.79 Å². The van der Waals surface area contributed by atoms with Crippen molar-refractivity contribution in [2.45, 2.75) is 6.92 Å². The average molecular weight is 568 g/mol. The molecular formula is C31H33N7O2S. The summed E-state index contributed by atoms with van der Waals surface area (Å²) in [6.07, 6.45) is 3.88. The van der Waals surface area contributed by atoms with Gasteiger partial charge in [0.05, 0.1) is 23.4 Å². The first-order chi connectivity index (χ1) is 20.0. The molecule has 10 heteroatoms. The molecule has 2 fully saturated rings. The van der Waals surface area contributed by atoms with Gasteiger partial charge in [0.1, 0.15) is 5.65 Å². The fourth-order valence-corrected chi connectivity index (χ4v) is 6.99. The molecule has 0 saturated carbocycles. The summed E-state index contributed by atoms with van der Waals surface area (Å²) < 4.78 is 8.73. The van der Waals surface area contributed by atoms with Crippen molar-refractivity contribution in [1.82, 2.24) is 29.3 Å². The summed E-state index contributed by atoms with van der Waals surface area (Å²) in [5.41, 5.74) is 5.63. The summed E-state index contributed by atoms with van der Waals surface area (Å²) in [7, 11) is 4.10. The Hall–Kier alpha value is -3.86. The lowest BCUT2D eigenvalue weighted by molar-refractivity contribution is 0.0664. The minimum absolute atomic E-state index is 0.0959. The topological polar surface area (TPSA) is 79.6 Å². The third-order valence-electron chi connectivity index (χ3n) is 8.19. The maximum atomic E-state index is 13.4. The van der Waals surface area contributed by atoms with Gasteiger partial charge in [0.25, 0.3) is 5.91 Å². The zero-order chi connectivity index (χ0) is 28.1. The van der Waals surface area contributed by atoms with Gasteiger partial charge in [-0.05, 0) is 49.4 Å². The van der Waals surface area contributed by atoms with Crippen LogP contribution < -0.4 is 4.90 Å². The van der Waals surface area contributed by atoms with Gasteiger partial charge in [-0.15, -0.1) is 11.3 Å². The van der Waals surface area contributed by atoms with Crippen LogP contribution in [0.25, 0.3) is 43.1 Å². The monoisotopic (exact) mass is 567 g/mol. The quantitative estimate of drug-likeness (QED) is 0.318. The van der Waals surface area contributed by atoms with E-state index in [0.717, 1.165) is 93.5 Å². The average Bonchev–Trinajstić information content (AvgIpc) is 3.56. The molecule has 7 rings (SSSR count). The molecule has 4 aromatic heterocycles. The smallest absolute Gasteiger partial charge is 0.253 e. The molecule has 0 N–H and O–H groups in total. The Bertz CT molecular complexity index is 1760. The van der Waals surface area contributed by atoms with Crippen LogP contribution in [0.4, 0.5) is 5.82 Å². The number of piperazine rings is 1. The first-order valence-corrected chi connectivity index (χ1v) is 14.9. The number of likely N-dealkylation sites (N-methyl/N-ethyl adjacent to an activating group) is 1. The molecule has 0 atom stereocenters. The Morgan fingerprint density at radius 1 is 0.951 bits per heavy atom. The van der Waals surface area contributed by atoms with Gasteiger partial charge in [0.2, 0.25) is 0 Å². The molecule has 9 nitrogen and oxygen atoms in total. The number of rotatable bonds is 4. The molecule has 0 unspecified atom stereocenters. The first-order valence-electron chi connectivity index (χ1n) is 14.1. The second-order valence-corrected chi connectivity index (χ2v) is 12.0. The molecule has 6 heterocycles. The van der Waals surface area contributed by atoms with Gasteiger partial charge < -0.3 is 24.0 Å². The highest BCUT2D eigenvalue weighted by Crippen LogP contribution is 2.42. The van der Waals surface area contributed by atoms with Crippen molar-refractivity contribution in [3.05, 3.63) is 59.9 Å². The number of aromatic nitrogens is 4. The Kier molecular flexibility index (Phi) is 6.69. The summed E-state index contributed by atoms with van der Waals surface area (Å²) in [6, 6.07) is 12.2. The Morgan fingerprint density at radius 2 is 1.76 bits per heavy atom. The van der Waals surface area contributed by atoms with E-state index in [4.69, 9.17) is 19.7 Å². The number of thiophene rings is 1. The van der Waals surface area contributed by atoms with E-state index in [1.807, 2.05) is 47.1 Å². The molecule has 0 aliphatic carbocycles. The van der Waals surface area contributed by atoms with Crippen LogP contribution in [-0.2, 0) is 11.8 Å². The number of fused-ring (bicyclic) bond motifs is 2. The van der Waals surface area contributed by atoms with Crippen molar-refractivity contribution >= 4 is 44.3 Å². The van der Waals surface area contributed by atoms with E-state index in [1.165, 1.54) is 0 Å². The van der Waals surface area contributed by atoms with Gasteiger partial charge in [0, 0.05) is 80.1 Å². The van der Waals surface area contributed by atoms with Crippen LogP contribution in [0.2, 0.25) is 0 Å². The van der Waals surface area contributed by atoms with Crippen LogP contribution >= 0.6 is 11.3 Å². The van der Waals surface area contributed by atoms with Crippen molar-refractivity contribution in [2.75, 3.05) is 64.4 Å². The van der Waals surface area contributed by atoms with Crippen LogP contribution in [0.1, 0.15) is 15.9 Å². The molecule has 2 aliphatic rings. The minimum atomic E-state index is 0.0959. The number of amides is 1. The standard InChI is InChI=1S/C31H33N7O2S/c1-20-25-27(41-26(20)21-5-4-6-23(17-21)31(39)38-11-9-35(2)10-12-38)30(37-13-15-40-16-14-37)34-28(33-25)24-18-22-7-8-36(3)29(22)32-19-24/h4-8,17-19H,9-16H2,1-3H3. The second kappa shape index (κ2) is 10.5. The molecule has 210 valence electrons. The Balaban J connectivity index is 1.32. The molecular weight excluding hydrogens is 534 g/mol. The van der Waals surface area contributed by atoms with Crippen LogP contribution in [-0.4, -0.2) is 94.8 Å². The van der Waals surface area contributed by atoms with Crippen molar-refractivity contribution in [3.63, 3.8) is 0 Å². The lowest BCUT2D eigenvalue weighted by Gasteiger charge is -2.32. The lowest BCUT2D eigenvalue weighted by atomic mass is 10.1. The predicted octanol–water partition coefficient (Wildman–Crippen LogP) is 4.44. The van der Waals surface area contributed by atoms with Crippen LogP contribution in [0.15, 0.2) is 48.8 Å². The second-order valence-electron chi connectivity index (χ2n) is 10.9. The fraction of sp³-hybridized carbons (Fsp3) is 0.355. The molecule has 2 aliphatic heterocycles. The van der Waals surface area contributed by atoms with Crippen LogP contribution in [0.5, 0.6) is 0 Å². The molecule has 5 aromatic rings. The van der Waals surface area contributed by atoms with Crippen LogP contribution in [0.3, 0.4) is 0 Å². The number of carbonyl (C=O) groups is 1. The van der Waals surface area contributed by atoms with Crippen molar-refractivity contribution in [3.8, 4) is 21.8 Å². The Labute approximate surface area is 243 Å². The maximum Gasteiger partial charge on any atom is 0.253 e. The van der Waals surface area contributed by atoms with Gasteiger partial charge in [0.15, 0.2) is 11.6 Å². The highest BCUT2D eigenvalue weighted by Gasteiger charge is 2.25. The highest BCUT2D eigenvalue weighted by molar-refractivity contribution is 7.23. The summed E-state index contributed by atoms with van der Waals surface area (Å²) in [4.78, 5) is 35.9. The molecule has 1 amide bonds. The van der Waals surface area contributed by atoms with E-state index in [0.29, 0.717) is 19.0 Å². The van der Waals surface area contributed by atoms with E-state index in [-0.39, 0.29) is 5.91 Å². The summed E-state index contributed by atoms with van der Waals surface area (Å²) in [5.74, 6) is 1.70. The van der Waals surface area contributed by atoms with Crippen molar-refractivity contribution in [2.24, 2.45) is 7.05 Å². The minimum Gasteiger partial charge on any atom is -0.378 e. The molecule has 0 bridgehead atoms. The normalized spacial score (nSPS) is 16.7. The van der Waals surface area contributed by atoms with Gasteiger partial charge in [-0.25, -0.2) is 15.0 Å². The third kappa shape index (κ3) is 4.75. The molecule has 2 saturated heterocycles. The van der Waals surface area contributed by atoms with Crippen LogP contribution in [0, 0.1) is 6.92 Å². The van der Waals surface area contributed by atoms with Gasteiger partial charge in [-0.2, -0.15) is 0 Å². The van der Waals surface area contributed by atoms with Gasteiger partial charge >= 0.3 is 0 Å². The lowest BCUT2D eigenvalue weighted by Crippen LogP contribution is -2.47. The highest BCUT2D eigenvalue weighted by atomic mass is 32.1. The zero-order valence-corrected chi connectivity index (χ0v) is 24.4. The Morgan fingerprint density at radius 3 is 2.56 bits per heavy atom. The number of nitrogens with zero attached hydrogens (tertiary/aromatic N) is 7. The molecule has 0 spiro atoms. The number of aryl methyl sites for hydroxylation is 2. The SMILES string of the molecule is Cc1c(-c2cccc(C(=O)N3CCN(C)CC3)c2)sc2c(N3CCOCC3)nc(-c3cnc4c(ccn4C)c3)nc12. The zero-order valence-electron chi connectivity index (χ0n) is 23.6. The van der Waals surface area contributed by atoms with E-state index in [2.05, 4.69) is 42.0 Å². The number of benzene rings is 1. The number of morpholine rings is 1. The largest absolute Gasteiger partial charge is 0.378 e. The van der Waals surface area contributed by atoms with Crippen molar-refractivity contribution < 1.29 is 9.53 Å². The molecule has 1 aromatic carbocycles. The number of hydrogen-bond acceptors (Lipinski definition) is 8. The third-order valence-corrected chi connectivity index (χ3v) is 9.51. The summed E-state index contributed by atoms with van der Waals surface area (Å²) in [5, 5.41) is 1.06. The number of pyridine rings is 1. The number of anilines is 1. The van der Waals surface area contributed by atoms with E-state index >= 15 is 0 Å². The van der Waals surface area contributed by atoms with Gasteiger partial charge in [-0.1, -0.05) is 12.1 Å². The molecule has 41 heavy (non-hydrogen) atoms. The number of carbonyl (C=O) groups excluding carboxylic acids is 1. The molecule has 0 radical (unpaired) electrons. The predicted molar refractivity (Wildman–Crippen MR) is 164 cm³/mol. The summed E-state index contributed by atoms with van der Waals surface area (Å²) >= 11 is 1.71.